The van der Waals surface area contributed by atoms with Crippen molar-refractivity contribution in [3.05, 3.63) is 29.5 Å². The first kappa shape index (κ1) is 13.7. The number of hydrogen-bond donors (Lipinski definition) is 3. The molecule has 0 unspecified atom stereocenters. The lowest BCUT2D eigenvalue weighted by Gasteiger charge is -2.11. The summed E-state index contributed by atoms with van der Waals surface area (Å²) in [6.45, 7) is 0. The molecule has 105 valence electrons. The van der Waals surface area contributed by atoms with E-state index in [2.05, 4.69) is 16.0 Å². The van der Waals surface area contributed by atoms with Crippen molar-refractivity contribution in [3.8, 4) is 17.2 Å². The van der Waals surface area contributed by atoms with Crippen LogP contribution in [0.15, 0.2) is 12.3 Å². The Bertz CT molecular complexity index is 631. The third kappa shape index (κ3) is 2.66. The molecule has 2 rings (SSSR count). The number of anilines is 2. The summed E-state index contributed by atoms with van der Waals surface area (Å²) in [7, 11) is 2.93. The van der Waals surface area contributed by atoms with E-state index in [0.717, 1.165) is 0 Å². The molecule has 7 heteroatoms. The van der Waals surface area contributed by atoms with Crippen molar-refractivity contribution in [3.63, 3.8) is 0 Å². The molecule has 0 spiro atoms. The average Bonchev–Trinajstić information content (AvgIpc) is 2.41. The van der Waals surface area contributed by atoms with E-state index in [9.17, 15) is 5.11 Å². The van der Waals surface area contributed by atoms with Crippen LogP contribution in [0.25, 0.3) is 0 Å². The molecule has 1 aromatic heterocycles. The average molecular weight is 275 g/mol. The number of methoxy groups -OCH3 is 2. The normalized spacial score (nSPS) is 10.3. The van der Waals surface area contributed by atoms with E-state index >= 15 is 0 Å². The number of aromatic hydroxyl groups is 1. The highest BCUT2D eigenvalue weighted by Gasteiger charge is 2.13. The Hall–Kier alpha value is -2.70. The van der Waals surface area contributed by atoms with E-state index in [0.29, 0.717) is 29.1 Å². The molecule has 5 N–H and O–H groups in total. The van der Waals surface area contributed by atoms with Crippen LogP contribution in [0.5, 0.6) is 17.2 Å². The van der Waals surface area contributed by atoms with Gasteiger partial charge in [0.05, 0.1) is 14.2 Å². The molecule has 0 saturated carbocycles. The minimum atomic E-state index is -0.128. The largest absolute Gasteiger partial charge is 0.504 e. The number of nitrogens with two attached hydrogens (primary N) is 2. The van der Waals surface area contributed by atoms with Gasteiger partial charge in [0.25, 0.3) is 0 Å². The van der Waals surface area contributed by atoms with Crippen molar-refractivity contribution in [1.82, 2.24) is 9.97 Å². The summed E-state index contributed by atoms with van der Waals surface area (Å²) in [5.41, 5.74) is 12.6. The molecule has 0 atom stereocenters. The molecule has 0 aliphatic heterocycles. The minimum absolute atomic E-state index is 0.116. The topological polar surface area (TPSA) is 117 Å². The van der Waals surface area contributed by atoms with Gasteiger partial charge in [-0.15, -0.1) is 0 Å². The van der Waals surface area contributed by atoms with Gasteiger partial charge in [-0.25, -0.2) is 4.98 Å². The summed E-state index contributed by atoms with van der Waals surface area (Å²) in [5.74, 6) is 0.925. The summed E-state index contributed by atoms with van der Waals surface area (Å²) < 4.78 is 10.2. The lowest BCUT2D eigenvalue weighted by Crippen LogP contribution is -2.04. The fraction of sp³-hybridized carbons (Fsp3) is 0.231. The third-order valence-electron chi connectivity index (χ3n) is 2.74. The molecule has 1 heterocycles. The first-order valence-corrected chi connectivity index (χ1v) is 5.78. The molecule has 7 nitrogen and oxygen atoms in total. The molecule has 0 aliphatic rings. The van der Waals surface area contributed by atoms with Gasteiger partial charge in [-0.1, -0.05) is 0 Å². The Balaban J connectivity index is 2.36. The predicted octanol–water partition coefficient (Wildman–Crippen LogP) is 0.755. The van der Waals surface area contributed by atoms with Crippen molar-refractivity contribution < 1.29 is 14.6 Å². The monoisotopic (exact) mass is 275 g/mol. The van der Waals surface area contributed by atoms with E-state index < -0.39 is 0 Å². The number of benzene rings is 1. The molecule has 0 aliphatic carbocycles. The SMILES string of the molecule is COc1cc(Cc2cnc(N)nc2N)[c]c(O)c1OC. The van der Waals surface area contributed by atoms with Gasteiger partial charge in [0.1, 0.15) is 5.82 Å². The van der Waals surface area contributed by atoms with Gasteiger partial charge in [-0.2, -0.15) is 4.98 Å². The van der Waals surface area contributed by atoms with Gasteiger partial charge in [0.2, 0.25) is 11.7 Å². The van der Waals surface area contributed by atoms with Gasteiger partial charge in [0, 0.05) is 24.2 Å². The van der Waals surface area contributed by atoms with E-state index in [1.807, 2.05) is 0 Å². The fourth-order valence-corrected chi connectivity index (χ4v) is 1.81. The smallest absolute Gasteiger partial charge is 0.221 e. The second-order valence-electron chi connectivity index (χ2n) is 4.06. The lowest BCUT2D eigenvalue weighted by atomic mass is 10.1. The molecule has 0 saturated heterocycles. The Morgan fingerprint density at radius 2 is 2.05 bits per heavy atom. The number of ether oxygens (including phenoxy) is 2. The van der Waals surface area contributed by atoms with E-state index in [1.165, 1.54) is 14.2 Å². The number of hydrogen-bond acceptors (Lipinski definition) is 7. The predicted molar refractivity (Wildman–Crippen MR) is 73.7 cm³/mol. The maximum absolute atomic E-state index is 9.85. The van der Waals surface area contributed by atoms with Gasteiger partial charge < -0.3 is 26.0 Å². The van der Waals surface area contributed by atoms with Crippen LogP contribution in [0.1, 0.15) is 11.1 Å². The van der Waals surface area contributed by atoms with E-state index in [1.54, 1.807) is 12.3 Å². The van der Waals surface area contributed by atoms with Crippen LogP contribution in [0, 0.1) is 6.07 Å². The maximum atomic E-state index is 9.85. The first-order chi connectivity index (χ1) is 9.55. The molecule has 0 fully saturated rings. The van der Waals surface area contributed by atoms with Crippen molar-refractivity contribution in [2.24, 2.45) is 0 Å². The highest BCUT2D eigenvalue weighted by molar-refractivity contribution is 5.54. The van der Waals surface area contributed by atoms with Crippen molar-refractivity contribution >= 4 is 11.8 Å². The maximum Gasteiger partial charge on any atom is 0.221 e. The summed E-state index contributed by atoms with van der Waals surface area (Å²) in [5, 5.41) is 9.85. The Morgan fingerprint density at radius 1 is 1.30 bits per heavy atom. The molecule has 0 amide bonds. The third-order valence-corrected chi connectivity index (χ3v) is 2.74. The number of phenols is 1. The second kappa shape index (κ2) is 5.52. The van der Waals surface area contributed by atoms with Crippen LogP contribution < -0.4 is 20.9 Å². The van der Waals surface area contributed by atoms with Crippen molar-refractivity contribution in [2.45, 2.75) is 6.42 Å². The van der Waals surface area contributed by atoms with E-state index in [-0.39, 0.29) is 17.4 Å². The van der Waals surface area contributed by atoms with Gasteiger partial charge in [-0.05, 0) is 11.6 Å². The zero-order valence-corrected chi connectivity index (χ0v) is 11.2. The molecular formula is C13H15N4O3. The standard InChI is InChI=1S/C13H15N4O3/c1-19-10-5-7(4-9(18)11(10)20-2)3-8-6-16-13(15)17-12(8)14/h5-6,18H,3H2,1-2H3,(H4,14,15,16,17). The fourth-order valence-electron chi connectivity index (χ4n) is 1.81. The number of rotatable bonds is 4. The number of phenolic OH excluding ortho intramolecular Hbond substituents is 1. The summed E-state index contributed by atoms with van der Waals surface area (Å²) in [4.78, 5) is 7.77. The van der Waals surface area contributed by atoms with Crippen LogP contribution in [-0.2, 0) is 6.42 Å². The summed E-state index contributed by atoms with van der Waals surface area (Å²) >= 11 is 0. The van der Waals surface area contributed by atoms with E-state index in [4.69, 9.17) is 20.9 Å². The van der Waals surface area contributed by atoms with Crippen molar-refractivity contribution in [2.75, 3.05) is 25.7 Å². The van der Waals surface area contributed by atoms with Gasteiger partial charge in [0.15, 0.2) is 11.5 Å². The van der Waals surface area contributed by atoms with Crippen LogP contribution in [0.3, 0.4) is 0 Å². The number of nitrogen functional groups attached to an aromatic ring is 2. The van der Waals surface area contributed by atoms with Crippen molar-refractivity contribution in [1.29, 1.82) is 0 Å². The van der Waals surface area contributed by atoms with Gasteiger partial charge >= 0.3 is 0 Å². The van der Waals surface area contributed by atoms with Crippen LogP contribution in [-0.4, -0.2) is 29.3 Å². The molecule has 20 heavy (non-hydrogen) atoms. The minimum Gasteiger partial charge on any atom is -0.504 e. The van der Waals surface area contributed by atoms with Crippen LogP contribution in [0.4, 0.5) is 11.8 Å². The first-order valence-electron chi connectivity index (χ1n) is 5.78. The number of nitrogens with zero attached hydrogens (tertiary/aromatic N) is 2. The molecule has 1 aromatic carbocycles. The Kier molecular flexibility index (Phi) is 3.79. The molecule has 2 aromatic rings. The zero-order valence-electron chi connectivity index (χ0n) is 11.2. The zero-order chi connectivity index (χ0) is 14.7. The second-order valence-corrected chi connectivity index (χ2v) is 4.06. The summed E-state index contributed by atoms with van der Waals surface area (Å²) in [6, 6.07) is 4.50. The summed E-state index contributed by atoms with van der Waals surface area (Å²) in [6.07, 6.45) is 1.93. The number of aromatic nitrogens is 2. The molecular weight excluding hydrogens is 260 g/mol. The quantitative estimate of drug-likeness (QED) is 0.753. The Labute approximate surface area is 116 Å². The molecule has 0 bridgehead atoms. The highest BCUT2D eigenvalue weighted by atomic mass is 16.5. The van der Waals surface area contributed by atoms with Crippen LogP contribution in [0.2, 0.25) is 0 Å². The highest BCUT2D eigenvalue weighted by Crippen LogP contribution is 2.37. The lowest BCUT2D eigenvalue weighted by molar-refractivity contribution is 0.332. The molecule has 1 radical (unpaired) electrons. The Morgan fingerprint density at radius 3 is 2.65 bits per heavy atom. The van der Waals surface area contributed by atoms with Gasteiger partial charge in [-0.3, -0.25) is 0 Å². The van der Waals surface area contributed by atoms with Crippen LogP contribution >= 0.6 is 0 Å².